The second-order valence-corrected chi connectivity index (χ2v) is 2.56. The van der Waals surface area contributed by atoms with Crippen molar-refractivity contribution in [3.05, 3.63) is 22.9 Å². The van der Waals surface area contributed by atoms with Crippen LogP contribution in [0.1, 0.15) is 0 Å². The minimum Gasteiger partial charge on any atom is -0.385 e. The third-order valence-corrected chi connectivity index (χ3v) is 1.41. The summed E-state index contributed by atoms with van der Waals surface area (Å²) in [4.78, 5) is 0. The molecule has 0 radical (unpaired) electrons. The Balaban J connectivity index is 2.82. The second kappa shape index (κ2) is 2.77. The summed E-state index contributed by atoms with van der Waals surface area (Å²) in [6.45, 7) is 0.265. The maximum Gasteiger partial charge on any atom is 0.417 e. The van der Waals surface area contributed by atoms with Gasteiger partial charge in [0.25, 0.3) is 0 Å². The zero-order chi connectivity index (χ0) is 8.48. The van der Waals surface area contributed by atoms with E-state index in [1.54, 1.807) is 0 Å². The molecule has 62 valence electrons. The van der Waals surface area contributed by atoms with E-state index in [9.17, 15) is 13.2 Å². The first-order valence-electron chi connectivity index (χ1n) is 2.87. The standard InChI is InChI=1S/C6H5ClF3N/c7-5-1-4(2-11-3-5)6(8,9)10/h1-2,11H,3H2. The van der Waals surface area contributed by atoms with E-state index in [1.807, 2.05) is 0 Å². The Bertz CT molecular complexity index is 216. The van der Waals surface area contributed by atoms with E-state index >= 15 is 0 Å². The first-order valence-corrected chi connectivity index (χ1v) is 3.25. The Morgan fingerprint density at radius 1 is 1.45 bits per heavy atom. The van der Waals surface area contributed by atoms with E-state index in [0.717, 1.165) is 12.3 Å². The molecule has 11 heavy (non-hydrogen) atoms. The normalized spacial score (nSPS) is 18.5. The van der Waals surface area contributed by atoms with Crippen molar-refractivity contribution in [1.82, 2.24) is 5.32 Å². The molecule has 0 atom stereocenters. The molecule has 1 aliphatic heterocycles. The summed E-state index contributed by atoms with van der Waals surface area (Å²) < 4.78 is 35.7. The fourth-order valence-corrected chi connectivity index (χ4v) is 0.878. The minimum absolute atomic E-state index is 0.167. The van der Waals surface area contributed by atoms with Gasteiger partial charge in [-0.1, -0.05) is 11.6 Å². The zero-order valence-corrected chi connectivity index (χ0v) is 6.13. The number of halogens is 4. The third-order valence-electron chi connectivity index (χ3n) is 1.17. The molecule has 1 nitrogen and oxygen atoms in total. The van der Waals surface area contributed by atoms with E-state index in [-0.39, 0.29) is 11.6 Å². The molecule has 1 heterocycles. The Labute approximate surface area is 66.5 Å². The van der Waals surface area contributed by atoms with Crippen LogP contribution in [0.25, 0.3) is 0 Å². The number of hydrogen-bond donors (Lipinski definition) is 1. The van der Waals surface area contributed by atoms with E-state index in [0.29, 0.717) is 0 Å². The predicted octanol–water partition coefficient (Wildman–Crippen LogP) is 2.16. The Hall–Kier alpha value is -0.640. The maximum atomic E-state index is 11.9. The molecule has 0 aromatic heterocycles. The number of allylic oxidation sites excluding steroid dienone is 2. The summed E-state index contributed by atoms with van der Waals surface area (Å²) in [5, 5.41) is 2.58. The number of nitrogens with one attached hydrogen (secondary N) is 1. The van der Waals surface area contributed by atoms with Gasteiger partial charge in [-0.25, -0.2) is 0 Å². The quantitative estimate of drug-likeness (QED) is 0.607. The molecule has 0 unspecified atom stereocenters. The smallest absolute Gasteiger partial charge is 0.385 e. The largest absolute Gasteiger partial charge is 0.417 e. The van der Waals surface area contributed by atoms with Crippen molar-refractivity contribution in [2.45, 2.75) is 6.18 Å². The van der Waals surface area contributed by atoms with Gasteiger partial charge in [0.15, 0.2) is 0 Å². The lowest BCUT2D eigenvalue weighted by Crippen LogP contribution is -2.20. The Morgan fingerprint density at radius 2 is 2.09 bits per heavy atom. The Morgan fingerprint density at radius 3 is 2.45 bits per heavy atom. The average Bonchev–Trinajstić information content (AvgIpc) is 1.86. The fourth-order valence-electron chi connectivity index (χ4n) is 0.684. The molecule has 0 aromatic rings. The molecule has 0 spiro atoms. The summed E-state index contributed by atoms with van der Waals surface area (Å²) in [6, 6.07) is 0. The van der Waals surface area contributed by atoms with E-state index in [1.165, 1.54) is 0 Å². The highest BCUT2D eigenvalue weighted by molar-refractivity contribution is 6.30. The summed E-state index contributed by atoms with van der Waals surface area (Å²) >= 11 is 5.38. The molecule has 0 aromatic carbocycles. The fraction of sp³-hybridized carbons (Fsp3) is 0.333. The van der Waals surface area contributed by atoms with Gasteiger partial charge in [0.1, 0.15) is 0 Å². The van der Waals surface area contributed by atoms with Crippen LogP contribution in [0, 0.1) is 0 Å². The molecule has 0 aliphatic carbocycles. The molecule has 0 saturated heterocycles. The van der Waals surface area contributed by atoms with Crippen molar-refractivity contribution in [1.29, 1.82) is 0 Å². The summed E-state index contributed by atoms with van der Waals surface area (Å²) in [5.41, 5.74) is -0.742. The van der Waals surface area contributed by atoms with Crippen LogP contribution in [0.3, 0.4) is 0 Å². The summed E-state index contributed by atoms with van der Waals surface area (Å²) in [6.07, 6.45) is -2.49. The molecule has 5 heteroatoms. The SMILES string of the molecule is FC(F)(F)C1=CNCC(Cl)=C1. The monoisotopic (exact) mass is 183 g/mol. The number of alkyl halides is 3. The minimum atomic E-state index is -4.31. The molecule has 0 fully saturated rings. The molecule has 0 bridgehead atoms. The van der Waals surface area contributed by atoms with E-state index in [4.69, 9.17) is 11.6 Å². The molecular formula is C6H5ClF3N. The van der Waals surface area contributed by atoms with Gasteiger partial charge in [-0.2, -0.15) is 13.2 Å². The van der Waals surface area contributed by atoms with Gasteiger partial charge < -0.3 is 5.32 Å². The lowest BCUT2D eigenvalue weighted by atomic mass is 10.2. The highest BCUT2D eigenvalue weighted by Crippen LogP contribution is 2.28. The van der Waals surface area contributed by atoms with Crippen LogP contribution in [-0.2, 0) is 0 Å². The van der Waals surface area contributed by atoms with Crippen LogP contribution in [0.4, 0.5) is 13.2 Å². The van der Waals surface area contributed by atoms with Crippen LogP contribution in [0.2, 0.25) is 0 Å². The highest BCUT2D eigenvalue weighted by Gasteiger charge is 2.33. The van der Waals surface area contributed by atoms with Gasteiger partial charge in [0.05, 0.1) is 12.1 Å². The van der Waals surface area contributed by atoms with Crippen molar-refractivity contribution in [2.75, 3.05) is 6.54 Å². The molecule has 1 N–H and O–H groups in total. The van der Waals surface area contributed by atoms with Gasteiger partial charge in [0.2, 0.25) is 0 Å². The zero-order valence-electron chi connectivity index (χ0n) is 5.37. The van der Waals surface area contributed by atoms with Crippen LogP contribution < -0.4 is 5.32 Å². The van der Waals surface area contributed by atoms with Crippen molar-refractivity contribution >= 4 is 11.6 Å². The van der Waals surface area contributed by atoms with Crippen molar-refractivity contribution in [3.8, 4) is 0 Å². The second-order valence-electron chi connectivity index (χ2n) is 2.07. The van der Waals surface area contributed by atoms with Gasteiger partial charge in [0, 0.05) is 11.2 Å². The first-order chi connectivity index (χ1) is 5.00. The van der Waals surface area contributed by atoms with Crippen LogP contribution in [0.5, 0.6) is 0 Å². The van der Waals surface area contributed by atoms with Crippen molar-refractivity contribution in [3.63, 3.8) is 0 Å². The molecule has 1 aliphatic rings. The predicted molar refractivity (Wildman–Crippen MR) is 36.1 cm³/mol. The van der Waals surface area contributed by atoms with E-state index < -0.39 is 11.7 Å². The van der Waals surface area contributed by atoms with Gasteiger partial charge >= 0.3 is 6.18 Å². The average molecular weight is 184 g/mol. The number of dihydropyridines is 1. The highest BCUT2D eigenvalue weighted by atomic mass is 35.5. The van der Waals surface area contributed by atoms with Crippen LogP contribution in [-0.4, -0.2) is 12.7 Å². The number of rotatable bonds is 0. The molecule has 1 rings (SSSR count). The van der Waals surface area contributed by atoms with Crippen molar-refractivity contribution in [2.24, 2.45) is 0 Å². The molecular weight excluding hydrogens is 179 g/mol. The lowest BCUT2D eigenvalue weighted by molar-refractivity contribution is -0.0887. The van der Waals surface area contributed by atoms with Crippen LogP contribution in [0.15, 0.2) is 22.9 Å². The Kier molecular flexibility index (Phi) is 2.13. The van der Waals surface area contributed by atoms with Crippen LogP contribution >= 0.6 is 11.6 Å². The van der Waals surface area contributed by atoms with E-state index in [2.05, 4.69) is 5.32 Å². The first kappa shape index (κ1) is 8.46. The third kappa shape index (κ3) is 2.15. The summed E-state index contributed by atoms with van der Waals surface area (Å²) in [5.74, 6) is 0. The lowest BCUT2D eigenvalue weighted by Gasteiger charge is -2.13. The molecule has 0 saturated carbocycles. The number of hydrogen-bond acceptors (Lipinski definition) is 1. The van der Waals surface area contributed by atoms with Gasteiger partial charge in [-0.05, 0) is 6.08 Å². The van der Waals surface area contributed by atoms with Crippen molar-refractivity contribution < 1.29 is 13.2 Å². The maximum absolute atomic E-state index is 11.9. The van der Waals surface area contributed by atoms with Gasteiger partial charge in [-0.15, -0.1) is 0 Å². The topological polar surface area (TPSA) is 12.0 Å². The van der Waals surface area contributed by atoms with Gasteiger partial charge in [-0.3, -0.25) is 0 Å². The summed E-state index contributed by atoms with van der Waals surface area (Å²) in [7, 11) is 0. The molecule has 0 amide bonds.